The normalized spacial score (nSPS) is 14.9. The molecule has 0 radical (unpaired) electrons. The molecule has 1 aliphatic rings. The van der Waals surface area contributed by atoms with Crippen LogP contribution in [0.2, 0.25) is 0 Å². The molecule has 30 heavy (non-hydrogen) atoms. The van der Waals surface area contributed by atoms with Crippen LogP contribution in [-0.4, -0.2) is 60.8 Å². The molecular formula is C22H25BrN4OS2. The molecule has 4 rings (SSSR count). The Morgan fingerprint density at radius 3 is 2.70 bits per heavy atom. The highest BCUT2D eigenvalue weighted by atomic mass is 79.9. The maximum Gasteiger partial charge on any atom is 0.230 e. The largest absolute Gasteiger partial charge is 0.354 e. The number of nitrogens with zero attached hydrogens (tertiary/aromatic N) is 3. The van der Waals surface area contributed by atoms with Gasteiger partial charge >= 0.3 is 0 Å². The number of anilines is 1. The molecule has 1 N–H and O–H groups in total. The lowest BCUT2D eigenvalue weighted by atomic mass is 10.2. The Morgan fingerprint density at radius 2 is 1.93 bits per heavy atom. The smallest absolute Gasteiger partial charge is 0.230 e. The summed E-state index contributed by atoms with van der Waals surface area (Å²) in [6.45, 7) is 7.58. The molecule has 1 amide bonds. The lowest BCUT2D eigenvalue weighted by Gasteiger charge is -2.34. The van der Waals surface area contributed by atoms with Gasteiger partial charge in [-0.1, -0.05) is 45.0 Å². The second-order valence-electron chi connectivity index (χ2n) is 7.39. The van der Waals surface area contributed by atoms with Crippen molar-refractivity contribution in [3.8, 4) is 0 Å². The maximum absolute atomic E-state index is 12.1. The predicted octanol–water partition coefficient (Wildman–Crippen LogP) is 4.40. The van der Waals surface area contributed by atoms with Gasteiger partial charge in [-0.05, 0) is 37.3 Å². The van der Waals surface area contributed by atoms with E-state index in [0.29, 0.717) is 12.3 Å². The van der Waals surface area contributed by atoms with Crippen LogP contribution in [0.1, 0.15) is 5.56 Å². The Kier molecular flexibility index (Phi) is 7.30. The van der Waals surface area contributed by atoms with Crippen molar-refractivity contribution in [2.45, 2.75) is 11.8 Å². The zero-order chi connectivity index (χ0) is 20.9. The van der Waals surface area contributed by atoms with Gasteiger partial charge in [0.1, 0.15) is 0 Å². The van der Waals surface area contributed by atoms with Crippen molar-refractivity contribution in [1.29, 1.82) is 0 Å². The third-order valence-corrected chi connectivity index (χ3v) is 7.71. The number of hydrogen-bond donors (Lipinski definition) is 1. The van der Waals surface area contributed by atoms with Crippen molar-refractivity contribution in [1.82, 2.24) is 15.2 Å². The highest BCUT2D eigenvalue weighted by molar-refractivity contribution is 9.10. The van der Waals surface area contributed by atoms with E-state index in [1.54, 1.807) is 23.1 Å². The summed E-state index contributed by atoms with van der Waals surface area (Å²) in [6, 6.07) is 14.5. The number of fused-ring (bicyclic) bond motifs is 1. The Labute approximate surface area is 194 Å². The molecule has 1 aliphatic heterocycles. The number of piperazine rings is 1. The minimum Gasteiger partial charge on any atom is -0.354 e. The number of thiazole rings is 1. The maximum atomic E-state index is 12.1. The van der Waals surface area contributed by atoms with Crippen molar-refractivity contribution in [3.63, 3.8) is 0 Å². The second-order valence-corrected chi connectivity index (χ2v) is 10.4. The molecule has 1 fully saturated rings. The molecule has 158 valence electrons. The highest BCUT2D eigenvalue weighted by Gasteiger charge is 2.19. The van der Waals surface area contributed by atoms with Gasteiger partial charge in [0, 0.05) is 48.6 Å². The number of halogens is 1. The van der Waals surface area contributed by atoms with Crippen LogP contribution in [0.3, 0.4) is 0 Å². The predicted molar refractivity (Wildman–Crippen MR) is 131 cm³/mol. The Hall–Kier alpha value is -1.61. The third kappa shape index (κ3) is 5.75. The van der Waals surface area contributed by atoms with Crippen molar-refractivity contribution in [2.24, 2.45) is 0 Å². The lowest BCUT2D eigenvalue weighted by Crippen LogP contribution is -2.48. The number of carbonyl (C=O) groups excluding carboxylic acids is 1. The van der Waals surface area contributed by atoms with E-state index in [9.17, 15) is 4.79 Å². The van der Waals surface area contributed by atoms with E-state index in [-0.39, 0.29) is 5.91 Å². The van der Waals surface area contributed by atoms with Crippen LogP contribution in [0, 0.1) is 6.92 Å². The molecule has 0 unspecified atom stereocenters. The molecule has 8 heteroatoms. The number of rotatable bonds is 7. The van der Waals surface area contributed by atoms with E-state index in [2.05, 4.69) is 74.4 Å². The van der Waals surface area contributed by atoms with Crippen LogP contribution in [-0.2, 0) is 4.79 Å². The number of nitrogens with one attached hydrogen (secondary N) is 1. The number of aryl methyl sites for hydroxylation is 1. The summed E-state index contributed by atoms with van der Waals surface area (Å²) < 4.78 is 2.31. The van der Waals surface area contributed by atoms with E-state index in [4.69, 9.17) is 4.98 Å². The molecule has 1 aromatic heterocycles. The molecule has 0 atom stereocenters. The molecule has 0 aliphatic carbocycles. The summed E-state index contributed by atoms with van der Waals surface area (Å²) in [7, 11) is 0. The first-order chi connectivity index (χ1) is 14.6. The fraction of sp³-hybridized carbons (Fsp3) is 0.364. The van der Waals surface area contributed by atoms with Gasteiger partial charge in [0.2, 0.25) is 5.91 Å². The van der Waals surface area contributed by atoms with Crippen LogP contribution >= 0.6 is 39.0 Å². The average molecular weight is 506 g/mol. The van der Waals surface area contributed by atoms with Gasteiger partial charge in [-0.3, -0.25) is 9.69 Å². The van der Waals surface area contributed by atoms with E-state index < -0.39 is 0 Å². The van der Waals surface area contributed by atoms with Crippen molar-refractivity contribution < 1.29 is 4.79 Å². The van der Waals surface area contributed by atoms with Crippen LogP contribution in [0.25, 0.3) is 10.2 Å². The van der Waals surface area contributed by atoms with Gasteiger partial charge in [0.15, 0.2) is 5.13 Å². The Morgan fingerprint density at radius 1 is 1.17 bits per heavy atom. The lowest BCUT2D eigenvalue weighted by molar-refractivity contribution is -0.118. The number of aromatic nitrogens is 1. The standard InChI is InChI=1S/C22H25BrN4OS2/c1-16-2-5-18(6-3-16)29-15-21(28)24-8-9-26-10-12-27(13-11-26)22-25-19-7-4-17(23)14-20(19)30-22/h2-7,14H,8-13,15H2,1H3,(H,24,28). The van der Waals surface area contributed by atoms with Gasteiger partial charge < -0.3 is 10.2 Å². The van der Waals surface area contributed by atoms with Crippen LogP contribution in [0.5, 0.6) is 0 Å². The number of hydrogen-bond acceptors (Lipinski definition) is 6. The van der Waals surface area contributed by atoms with E-state index in [1.165, 1.54) is 10.3 Å². The van der Waals surface area contributed by atoms with Crippen molar-refractivity contribution >= 4 is 60.3 Å². The number of benzene rings is 2. The molecule has 0 spiro atoms. The minimum atomic E-state index is 0.0971. The topological polar surface area (TPSA) is 48.5 Å². The number of amides is 1. The Balaban J connectivity index is 1.16. The van der Waals surface area contributed by atoms with E-state index >= 15 is 0 Å². The Bertz CT molecular complexity index is 1000. The number of carbonyl (C=O) groups is 1. The van der Waals surface area contributed by atoms with E-state index in [0.717, 1.165) is 52.7 Å². The van der Waals surface area contributed by atoms with Crippen LogP contribution in [0.15, 0.2) is 51.8 Å². The zero-order valence-corrected chi connectivity index (χ0v) is 20.2. The summed E-state index contributed by atoms with van der Waals surface area (Å²) in [5.74, 6) is 0.560. The zero-order valence-electron chi connectivity index (χ0n) is 16.9. The number of thioether (sulfide) groups is 1. The van der Waals surface area contributed by atoms with Crippen LogP contribution < -0.4 is 10.2 Å². The van der Waals surface area contributed by atoms with Crippen molar-refractivity contribution in [3.05, 3.63) is 52.5 Å². The second kappa shape index (κ2) is 10.1. The molecule has 0 bridgehead atoms. The summed E-state index contributed by atoms with van der Waals surface area (Å²) in [6.07, 6.45) is 0. The SMILES string of the molecule is Cc1ccc(SCC(=O)NCCN2CCN(c3nc4ccc(Br)cc4s3)CC2)cc1. The fourth-order valence-corrected chi connectivity index (χ4v) is 5.67. The van der Waals surface area contributed by atoms with Gasteiger partial charge in [0.25, 0.3) is 0 Å². The minimum absolute atomic E-state index is 0.0971. The van der Waals surface area contributed by atoms with E-state index in [1.807, 2.05) is 6.07 Å². The molecule has 2 aromatic carbocycles. The van der Waals surface area contributed by atoms with Gasteiger partial charge in [-0.2, -0.15) is 0 Å². The summed E-state index contributed by atoms with van der Waals surface area (Å²) in [5, 5.41) is 4.15. The molecular weight excluding hydrogens is 480 g/mol. The molecule has 1 saturated heterocycles. The first-order valence-electron chi connectivity index (χ1n) is 10.1. The average Bonchev–Trinajstić information content (AvgIpc) is 3.17. The molecule has 0 saturated carbocycles. The quantitative estimate of drug-likeness (QED) is 0.483. The van der Waals surface area contributed by atoms with Gasteiger partial charge in [0.05, 0.1) is 16.0 Å². The first-order valence-corrected chi connectivity index (χ1v) is 12.7. The summed E-state index contributed by atoms with van der Waals surface area (Å²) in [4.78, 5) is 22.8. The fourth-order valence-electron chi connectivity index (χ4n) is 3.37. The summed E-state index contributed by atoms with van der Waals surface area (Å²) >= 11 is 6.87. The van der Waals surface area contributed by atoms with Gasteiger partial charge in [-0.25, -0.2) is 4.98 Å². The van der Waals surface area contributed by atoms with Gasteiger partial charge in [-0.15, -0.1) is 11.8 Å². The molecule has 5 nitrogen and oxygen atoms in total. The summed E-state index contributed by atoms with van der Waals surface area (Å²) in [5.41, 5.74) is 2.30. The third-order valence-electron chi connectivity index (χ3n) is 5.12. The van der Waals surface area contributed by atoms with Crippen molar-refractivity contribution in [2.75, 3.05) is 49.9 Å². The highest BCUT2D eigenvalue weighted by Crippen LogP contribution is 2.31. The monoisotopic (exact) mass is 504 g/mol. The molecule has 2 heterocycles. The first kappa shape index (κ1) is 21.6. The van der Waals surface area contributed by atoms with Crippen LogP contribution in [0.4, 0.5) is 5.13 Å². The molecule has 3 aromatic rings.